The van der Waals surface area contributed by atoms with Gasteiger partial charge in [-0.2, -0.15) is 8.78 Å². The number of hydrogen-bond donors (Lipinski definition) is 1. The Balaban J connectivity index is 1.84. The first-order chi connectivity index (χ1) is 13.2. The Morgan fingerprint density at radius 1 is 1.29 bits per heavy atom. The van der Waals surface area contributed by atoms with Crippen LogP contribution >= 0.6 is 21.2 Å². The highest BCUT2D eigenvalue weighted by atomic mass is 32.2. The van der Waals surface area contributed by atoms with Crippen LogP contribution in [0.15, 0.2) is 47.4 Å². The molecule has 28 heavy (non-hydrogen) atoms. The number of amides is 1. The molecule has 3 aromatic rings. The van der Waals surface area contributed by atoms with E-state index < -0.39 is 5.66 Å². The summed E-state index contributed by atoms with van der Waals surface area (Å²) < 4.78 is 31.1. The molecule has 1 N–H and O–H groups in total. The molecule has 0 aliphatic heterocycles. The first kappa shape index (κ1) is 20.6. The number of rotatable bonds is 6. The van der Waals surface area contributed by atoms with Gasteiger partial charge in [-0.15, -0.1) is 0 Å². The Bertz CT molecular complexity index is 1000. The molecule has 1 amide bonds. The molecule has 0 saturated carbocycles. The second kappa shape index (κ2) is 8.05. The van der Waals surface area contributed by atoms with E-state index in [-0.39, 0.29) is 11.7 Å². The number of imidazole rings is 1. The topological polar surface area (TPSA) is 50.2 Å². The number of nitrogens with zero attached hydrogens (tertiary/aromatic N) is 3. The van der Waals surface area contributed by atoms with Gasteiger partial charge >= 0.3 is 5.66 Å². The molecule has 0 bridgehead atoms. The predicted molar refractivity (Wildman–Crippen MR) is 114 cm³/mol. The summed E-state index contributed by atoms with van der Waals surface area (Å²) in [5.74, 6) is -0.371. The van der Waals surface area contributed by atoms with Gasteiger partial charge in [0.25, 0.3) is 0 Å². The van der Waals surface area contributed by atoms with Crippen molar-refractivity contribution in [2.24, 2.45) is 0 Å². The second-order valence-electron chi connectivity index (χ2n) is 6.27. The third-order valence-corrected chi connectivity index (χ3v) is 5.35. The fraction of sp³-hybridized carbons (Fsp3) is 0.263. The number of hydrogen-bond acceptors (Lipinski definition) is 4. The van der Waals surface area contributed by atoms with E-state index in [9.17, 15) is 13.6 Å². The Kier molecular flexibility index (Phi) is 5.91. The molecule has 9 heteroatoms. The highest BCUT2D eigenvalue weighted by Crippen LogP contribution is 2.37. The molecule has 1 heterocycles. The molecule has 0 fully saturated rings. The van der Waals surface area contributed by atoms with Gasteiger partial charge in [0.1, 0.15) is 0 Å². The number of carbonyl (C=O) groups is 1. The maximum Gasteiger partial charge on any atom is 0.315 e. The number of carbonyl (C=O) groups excluding carboxylic acids is 1. The lowest BCUT2D eigenvalue weighted by Crippen LogP contribution is -2.12. The summed E-state index contributed by atoms with van der Waals surface area (Å²) in [6.45, 7) is 3.70. The maximum absolute atomic E-state index is 13.8. The number of benzene rings is 2. The van der Waals surface area contributed by atoms with Gasteiger partial charge in [0, 0.05) is 36.8 Å². The van der Waals surface area contributed by atoms with Crippen LogP contribution in [0.5, 0.6) is 0 Å². The molecule has 0 aliphatic carbocycles. The molecule has 5 nitrogen and oxygen atoms in total. The van der Waals surface area contributed by atoms with Crippen molar-refractivity contribution in [2.45, 2.75) is 31.0 Å². The smallest absolute Gasteiger partial charge is 0.315 e. The molecule has 1 unspecified atom stereocenters. The van der Waals surface area contributed by atoms with Crippen molar-refractivity contribution in [3.05, 3.63) is 48.3 Å². The quantitative estimate of drug-likeness (QED) is 0.445. The largest absolute Gasteiger partial charge is 0.326 e. The van der Waals surface area contributed by atoms with Crippen molar-refractivity contribution in [1.82, 2.24) is 9.55 Å². The third kappa shape index (κ3) is 4.45. The van der Waals surface area contributed by atoms with Crippen LogP contribution < -0.4 is 9.62 Å². The van der Waals surface area contributed by atoms with E-state index >= 15 is 0 Å². The van der Waals surface area contributed by atoms with Crippen LogP contribution in [0.2, 0.25) is 0 Å². The van der Waals surface area contributed by atoms with Crippen LogP contribution in [-0.2, 0) is 17.0 Å². The van der Waals surface area contributed by atoms with E-state index in [1.165, 1.54) is 23.4 Å². The summed E-state index contributed by atoms with van der Waals surface area (Å²) in [4.78, 5) is 16.2. The molecule has 0 radical (unpaired) electrons. The monoisotopic (exact) mass is 422 g/mol. The Morgan fingerprint density at radius 2 is 1.96 bits per heavy atom. The number of alkyl halides is 2. The average molecular weight is 422 g/mol. The van der Waals surface area contributed by atoms with Crippen LogP contribution in [0.4, 0.5) is 20.2 Å². The summed E-state index contributed by atoms with van der Waals surface area (Å²) in [6, 6.07) is 13.0. The zero-order valence-corrected chi connectivity index (χ0v) is 17.7. The number of aromatic nitrogens is 2. The Hall–Kier alpha value is -2.18. The molecule has 1 atom stereocenters. The van der Waals surface area contributed by atoms with Crippen LogP contribution in [0.3, 0.4) is 0 Å². The van der Waals surface area contributed by atoms with Crippen LogP contribution in [0.25, 0.3) is 11.0 Å². The molecular formula is C19H21F2N4OPS. The summed E-state index contributed by atoms with van der Waals surface area (Å²) in [5, 5.41) is 2.73. The van der Waals surface area contributed by atoms with Gasteiger partial charge in [-0.25, -0.2) is 4.98 Å². The summed E-state index contributed by atoms with van der Waals surface area (Å²) in [7, 11) is 3.45. The highest BCUT2D eigenvalue weighted by Gasteiger charge is 2.31. The first-order valence-corrected chi connectivity index (χ1v) is 10.0. The van der Waals surface area contributed by atoms with Gasteiger partial charge in [-0.3, -0.25) is 4.79 Å². The Labute approximate surface area is 168 Å². The standard InChI is InChI=1S/C19H21F2N4OPS/c1-4-25-17-10-7-14(11-16(17)23-18(25)19(20,21)27)24(3)28-15-8-5-13(6-9-15)22-12(2)26/h5-11H,4,27H2,1-3H3,(H,22,26). The van der Waals surface area contributed by atoms with Crippen LogP contribution in [0, 0.1) is 0 Å². The van der Waals surface area contributed by atoms with E-state index in [2.05, 4.69) is 10.3 Å². The molecule has 148 valence electrons. The minimum Gasteiger partial charge on any atom is -0.326 e. The van der Waals surface area contributed by atoms with E-state index in [0.29, 0.717) is 17.6 Å². The van der Waals surface area contributed by atoms with E-state index in [1.54, 1.807) is 15.3 Å². The lowest BCUT2D eigenvalue weighted by Gasteiger charge is -2.18. The van der Waals surface area contributed by atoms with Crippen molar-refractivity contribution in [3.63, 3.8) is 0 Å². The average Bonchev–Trinajstić information content (AvgIpc) is 3.01. The lowest BCUT2D eigenvalue weighted by molar-refractivity contribution is -0.114. The number of fused-ring (bicyclic) bond motifs is 1. The summed E-state index contributed by atoms with van der Waals surface area (Å²) >= 11 is 1.49. The van der Waals surface area contributed by atoms with Gasteiger partial charge in [0.15, 0.2) is 5.82 Å². The fourth-order valence-electron chi connectivity index (χ4n) is 2.90. The fourth-order valence-corrected chi connectivity index (χ4v) is 3.92. The van der Waals surface area contributed by atoms with Crippen molar-refractivity contribution in [1.29, 1.82) is 0 Å². The normalized spacial score (nSPS) is 11.6. The van der Waals surface area contributed by atoms with Crippen molar-refractivity contribution in [2.75, 3.05) is 16.7 Å². The third-order valence-electron chi connectivity index (χ3n) is 4.13. The molecule has 1 aromatic heterocycles. The molecule has 0 aliphatic rings. The molecular weight excluding hydrogens is 401 g/mol. The van der Waals surface area contributed by atoms with Gasteiger partial charge in [0.2, 0.25) is 5.91 Å². The van der Waals surface area contributed by atoms with Crippen molar-refractivity contribution < 1.29 is 13.6 Å². The molecule has 0 spiro atoms. The van der Waals surface area contributed by atoms with Crippen LogP contribution in [0.1, 0.15) is 19.7 Å². The molecule has 3 rings (SSSR count). The highest BCUT2D eigenvalue weighted by molar-refractivity contribution is 8.00. The number of nitrogens with one attached hydrogen (secondary N) is 1. The zero-order valence-electron chi connectivity index (χ0n) is 15.7. The SMILES string of the molecule is CCn1c(C(F)(F)P)nc2cc(N(C)Sc3ccc(NC(C)=O)cc3)ccc21. The summed E-state index contributed by atoms with van der Waals surface area (Å²) in [6.07, 6.45) is 0. The second-order valence-corrected chi connectivity index (χ2v) is 8.20. The van der Waals surface area contributed by atoms with E-state index in [4.69, 9.17) is 0 Å². The zero-order chi connectivity index (χ0) is 20.5. The van der Waals surface area contributed by atoms with E-state index in [1.807, 2.05) is 54.7 Å². The van der Waals surface area contributed by atoms with Crippen LogP contribution in [-0.4, -0.2) is 22.5 Å². The Morgan fingerprint density at radius 3 is 2.54 bits per heavy atom. The van der Waals surface area contributed by atoms with Gasteiger partial charge < -0.3 is 14.2 Å². The minimum absolute atomic E-state index is 0.118. The van der Waals surface area contributed by atoms with Gasteiger partial charge in [0.05, 0.1) is 11.0 Å². The lowest BCUT2D eigenvalue weighted by atomic mass is 10.3. The van der Waals surface area contributed by atoms with E-state index in [0.717, 1.165) is 16.3 Å². The van der Waals surface area contributed by atoms with Gasteiger partial charge in [-0.05, 0) is 61.3 Å². The summed E-state index contributed by atoms with van der Waals surface area (Å²) in [5.41, 5.74) is -0.281. The van der Waals surface area contributed by atoms with Gasteiger partial charge in [-0.1, -0.05) is 9.24 Å². The minimum atomic E-state index is -3.08. The first-order valence-electron chi connectivity index (χ1n) is 8.66. The maximum atomic E-state index is 13.8. The number of anilines is 2. The number of aryl methyl sites for hydroxylation is 1. The van der Waals surface area contributed by atoms with Crippen molar-refractivity contribution in [3.8, 4) is 0 Å². The van der Waals surface area contributed by atoms with Crippen molar-refractivity contribution >= 4 is 49.5 Å². The molecule has 0 saturated heterocycles. The predicted octanol–water partition coefficient (Wildman–Crippen LogP) is 5.08. The molecule has 2 aromatic carbocycles. The number of halogens is 2.